The third-order valence-corrected chi connectivity index (χ3v) is 4.37. The molecule has 0 aliphatic carbocycles. The third-order valence-electron chi connectivity index (χ3n) is 4.37. The van der Waals surface area contributed by atoms with E-state index in [0.717, 1.165) is 16.9 Å². The molecule has 2 aromatic carbocycles. The molecule has 26 heavy (non-hydrogen) atoms. The monoisotopic (exact) mass is 355 g/mol. The maximum absolute atomic E-state index is 13.7. The van der Waals surface area contributed by atoms with Crippen LogP contribution < -0.4 is 5.32 Å². The van der Waals surface area contributed by atoms with E-state index >= 15 is 0 Å². The summed E-state index contributed by atoms with van der Waals surface area (Å²) in [6.07, 6.45) is 1.67. The summed E-state index contributed by atoms with van der Waals surface area (Å²) in [5.74, 6) is -1.08. The van der Waals surface area contributed by atoms with Crippen molar-refractivity contribution in [2.45, 2.75) is 26.8 Å². The predicted molar refractivity (Wildman–Crippen MR) is 95.3 cm³/mol. The zero-order valence-corrected chi connectivity index (χ0v) is 14.8. The van der Waals surface area contributed by atoms with Gasteiger partial charge < -0.3 is 5.32 Å². The molecule has 1 N–H and O–H groups in total. The van der Waals surface area contributed by atoms with Gasteiger partial charge in [0.25, 0.3) is 5.91 Å². The van der Waals surface area contributed by atoms with Crippen LogP contribution in [0.5, 0.6) is 0 Å². The molecular weight excluding hydrogens is 336 g/mol. The number of amides is 1. The highest BCUT2D eigenvalue weighted by atomic mass is 19.1. The van der Waals surface area contributed by atoms with E-state index in [9.17, 15) is 13.6 Å². The number of benzene rings is 2. The Morgan fingerprint density at radius 3 is 2.46 bits per heavy atom. The van der Waals surface area contributed by atoms with E-state index in [2.05, 4.69) is 10.4 Å². The lowest BCUT2D eigenvalue weighted by molar-refractivity contribution is 0.0939. The Morgan fingerprint density at radius 2 is 1.81 bits per heavy atom. The smallest absolute Gasteiger partial charge is 0.251 e. The summed E-state index contributed by atoms with van der Waals surface area (Å²) in [5.41, 5.74) is 3.15. The number of aromatic nitrogens is 2. The van der Waals surface area contributed by atoms with Crippen LogP contribution >= 0.6 is 0 Å². The molecule has 1 atom stereocenters. The molecule has 1 unspecified atom stereocenters. The number of carbonyl (C=O) groups excluding carboxylic acids is 1. The van der Waals surface area contributed by atoms with Crippen molar-refractivity contribution in [1.29, 1.82) is 0 Å². The number of aryl methyl sites for hydroxylation is 1. The van der Waals surface area contributed by atoms with Gasteiger partial charge in [-0.25, -0.2) is 13.5 Å². The Labute approximate surface area is 150 Å². The van der Waals surface area contributed by atoms with Crippen LogP contribution in [0.1, 0.15) is 40.1 Å². The fourth-order valence-corrected chi connectivity index (χ4v) is 2.78. The molecule has 0 fully saturated rings. The van der Waals surface area contributed by atoms with E-state index in [0.29, 0.717) is 5.56 Å². The highest BCUT2D eigenvalue weighted by molar-refractivity contribution is 5.94. The molecule has 4 nitrogen and oxygen atoms in total. The average Bonchev–Trinajstić information content (AvgIpc) is 2.99. The van der Waals surface area contributed by atoms with Gasteiger partial charge in [-0.1, -0.05) is 6.07 Å². The molecule has 0 aliphatic heterocycles. The number of hydrogen-bond donors (Lipinski definition) is 1. The van der Waals surface area contributed by atoms with E-state index in [1.165, 1.54) is 18.2 Å². The Morgan fingerprint density at radius 1 is 1.12 bits per heavy atom. The minimum absolute atomic E-state index is 0.267. The number of nitrogens with one attached hydrogen (secondary N) is 1. The molecule has 0 radical (unpaired) electrons. The zero-order chi connectivity index (χ0) is 18.8. The second-order valence-electron chi connectivity index (χ2n) is 6.23. The van der Waals surface area contributed by atoms with E-state index in [1.54, 1.807) is 42.1 Å². The summed E-state index contributed by atoms with van der Waals surface area (Å²) in [5, 5.41) is 7.18. The third kappa shape index (κ3) is 3.49. The van der Waals surface area contributed by atoms with Crippen molar-refractivity contribution >= 4 is 5.91 Å². The number of carbonyl (C=O) groups is 1. The van der Waals surface area contributed by atoms with Crippen molar-refractivity contribution in [2.75, 3.05) is 0 Å². The fourth-order valence-electron chi connectivity index (χ4n) is 2.78. The van der Waals surface area contributed by atoms with Crippen molar-refractivity contribution in [1.82, 2.24) is 15.1 Å². The molecule has 0 saturated carbocycles. The minimum Gasteiger partial charge on any atom is -0.345 e. The number of hydrogen-bond acceptors (Lipinski definition) is 2. The van der Waals surface area contributed by atoms with Gasteiger partial charge in [0.1, 0.15) is 11.6 Å². The van der Waals surface area contributed by atoms with E-state index in [4.69, 9.17) is 0 Å². The lowest BCUT2D eigenvalue weighted by atomic mass is 10.1. The van der Waals surface area contributed by atoms with Crippen LogP contribution in [0.3, 0.4) is 0 Å². The van der Waals surface area contributed by atoms with Crippen LogP contribution in [0.15, 0.2) is 48.7 Å². The molecule has 1 heterocycles. The van der Waals surface area contributed by atoms with Gasteiger partial charge in [0.2, 0.25) is 0 Å². The molecule has 0 spiro atoms. The minimum atomic E-state index is -0.411. The number of nitrogens with zero attached hydrogens (tertiary/aromatic N) is 2. The van der Waals surface area contributed by atoms with Gasteiger partial charge in [-0.3, -0.25) is 4.79 Å². The Hall–Kier alpha value is -3.02. The van der Waals surface area contributed by atoms with E-state index in [-0.39, 0.29) is 23.3 Å². The van der Waals surface area contributed by atoms with Crippen molar-refractivity contribution in [3.8, 4) is 5.69 Å². The number of rotatable bonds is 4. The lowest BCUT2D eigenvalue weighted by Crippen LogP contribution is -2.27. The normalized spacial score (nSPS) is 12.0. The summed E-state index contributed by atoms with van der Waals surface area (Å²) >= 11 is 0. The van der Waals surface area contributed by atoms with Crippen molar-refractivity contribution in [3.63, 3.8) is 0 Å². The highest BCUT2D eigenvalue weighted by Gasteiger charge is 2.17. The number of halogens is 2. The van der Waals surface area contributed by atoms with Crippen LogP contribution in [-0.2, 0) is 0 Å². The maximum Gasteiger partial charge on any atom is 0.251 e. The largest absolute Gasteiger partial charge is 0.345 e. The van der Waals surface area contributed by atoms with Crippen molar-refractivity contribution in [3.05, 3.63) is 82.7 Å². The van der Waals surface area contributed by atoms with Crippen LogP contribution in [-0.4, -0.2) is 15.7 Å². The Kier molecular flexibility index (Phi) is 4.84. The zero-order valence-electron chi connectivity index (χ0n) is 14.8. The second kappa shape index (κ2) is 7.07. The molecule has 1 aromatic heterocycles. The quantitative estimate of drug-likeness (QED) is 0.760. The average molecular weight is 355 g/mol. The van der Waals surface area contributed by atoms with Gasteiger partial charge in [0.05, 0.1) is 17.9 Å². The van der Waals surface area contributed by atoms with E-state index < -0.39 is 5.82 Å². The van der Waals surface area contributed by atoms with Gasteiger partial charge in [0.15, 0.2) is 0 Å². The van der Waals surface area contributed by atoms with Crippen molar-refractivity contribution in [2.24, 2.45) is 0 Å². The van der Waals surface area contributed by atoms with Gasteiger partial charge >= 0.3 is 0 Å². The highest BCUT2D eigenvalue weighted by Crippen LogP contribution is 2.21. The summed E-state index contributed by atoms with van der Waals surface area (Å²) in [7, 11) is 0. The van der Waals surface area contributed by atoms with Gasteiger partial charge in [0, 0.05) is 16.8 Å². The first-order valence-corrected chi connectivity index (χ1v) is 8.24. The molecule has 0 aliphatic rings. The molecule has 6 heteroatoms. The predicted octanol–water partition coefficient (Wildman–Crippen LogP) is 4.26. The molecule has 3 rings (SSSR count). The fraction of sp³-hybridized carbons (Fsp3) is 0.200. The van der Waals surface area contributed by atoms with Crippen molar-refractivity contribution < 1.29 is 13.6 Å². The van der Waals surface area contributed by atoms with Crippen LogP contribution in [0.4, 0.5) is 8.78 Å². The maximum atomic E-state index is 13.7. The first-order chi connectivity index (χ1) is 12.4. The van der Waals surface area contributed by atoms with Crippen LogP contribution in [0.25, 0.3) is 5.69 Å². The topological polar surface area (TPSA) is 46.9 Å². The first-order valence-electron chi connectivity index (χ1n) is 8.24. The molecule has 0 saturated heterocycles. The Bertz CT molecular complexity index is 948. The summed E-state index contributed by atoms with van der Waals surface area (Å²) in [4.78, 5) is 12.4. The lowest BCUT2D eigenvalue weighted by Gasteiger charge is -2.14. The first kappa shape index (κ1) is 17.8. The summed E-state index contributed by atoms with van der Waals surface area (Å²) < 4.78 is 28.4. The van der Waals surface area contributed by atoms with Gasteiger partial charge in [-0.2, -0.15) is 5.10 Å². The summed E-state index contributed by atoms with van der Waals surface area (Å²) in [6.45, 7) is 5.36. The van der Waals surface area contributed by atoms with E-state index in [1.807, 2.05) is 13.8 Å². The molecular formula is C20H19F2N3O. The molecule has 0 bridgehead atoms. The molecule has 134 valence electrons. The van der Waals surface area contributed by atoms with Gasteiger partial charge in [-0.15, -0.1) is 0 Å². The summed E-state index contributed by atoms with van der Waals surface area (Å²) in [6, 6.07) is 10.1. The SMILES string of the molecule is Cc1ccc(C(=O)NC(C)c2cnn(-c3ccc(F)cc3)c2C)cc1F. The molecule has 3 aromatic rings. The van der Waals surface area contributed by atoms with Gasteiger partial charge in [-0.05, 0) is 62.7 Å². The Balaban J connectivity index is 1.80. The standard InChI is InChI=1S/C20H19F2N3O/c1-12-4-5-15(10-19(12)22)20(26)24-13(2)18-11-23-25(14(18)3)17-8-6-16(21)7-9-17/h4-11,13H,1-3H3,(H,24,26). The van der Waals surface area contributed by atoms with Crippen LogP contribution in [0.2, 0.25) is 0 Å². The second-order valence-corrected chi connectivity index (χ2v) is 6.23. The molecule has 1 amide bonds. The van der Waals surface area contributed by atoms with Crippen LogP contribution in [0, 0.1) is 25.5 Å².